The normalized spacial score (nSPS) is 16.1. The van der Waals surface area contributed by atoms with E-state index in [0.717, 1.165) is 0 Å². The highest BCUT2D eigenvalue weighted by Crippen LogP contribution is 2.20. The molecule has 0 spiro atoms. The van der Waals surface area contributed by atoms with Crippen molar-refractivity contribution in [3.05, 3.63) is 24.3 Å². The minimum atomic E-state index is -1.51. The van der Waals surface area contributed by atoms with Crippen LogP contribution >= 0.6 is 0 Å². The van der Waals surface area contributed by atoms with Crippen LogP contribution in [-0.2, 0) is 4.74 Å². The second-order valence-electron chi connectivity index (χ2n) is 6.73. The Balaban J connectivity index is 1.85. The summed E-state index contributed by atoms with van der Waals surface area (Å²) >= 11 is 0. The van der Waals surface area contributed by atoms with E-state index in [4.69, 9.17) is 9.47 Å². The van der Waals surface area contributed by atoms with Gasteiger partial charge in [0.1, 0.15) is 17.5 Å². The Kier molecular flexibility index (Phi) is 5.54. The quantitative estimate of drug-likeness (QED) is 0.817. The van der Waals surface area contributed by atoms with Crippen LogP contribution in [-0.4, -0.2) is 53.0 Å². The zero-order chi connectivity index (χ0) is 17.0. The SMILES string of the molecule is CC(C)(C)OC(=O)N1CCC(Oc2cccc(B(O)O)c2)CC1. The van der Waals surface area contributed by atoms with Crippen molar-refractivity contribution in [1.29, 1.82) is 0 Å². The summed E-state index contributed by atoms with van der Waals surface area (Å²) in [7, 11) is -1.51. The van der Waals surface area contributed by atoms with Crippen LogP contribution in [0.15, 0.2) is 24.3 Å². The van der Waals surface area contributed by atoms with Gasteiger partial charge in [-0.25, -0.2) is 4.79 Å². The molecule has 126 valence electrons. The second kappa shape index (κ2) is 7.23. The standard InChI is InChI=1S/C16H24BNO5/c1-16(2,3)23-15(19)18-9-7-13(8-10-18)22-14-6-4-5-12(11-14)17(20)21/h4-6,11,13,20-21H,7-10H2,1-3H3. The predicted octanol–water partition coefficient (Wildman–Crippen LogP) is 1.14. The van der Waals surface area contributed by atoms with Crippen LogP contribution in [0.25, 0.3) is 0 Å². The third-order valence-electron chi connectivity index (χ3n) is 3.55. The van der Waals surface area contributed by atoms with Crippen molar-refractivity contribution in [1.82, 2.24) is 4.90 Å². The molecule has 0 aliphatic carbocycles. The maximum Gasteiger partial charge on any atom is 0.488 e. The number of ether oxygens (including phenoxy) is 2. The molecule has 1 aromatic carbocycles. The van der Waals surface area contributed by atoms with Crippen LogP contribution in [0.5, 0.6) is 5.75 Å². The number of likely N-dealkylation sites (tertiary alicyclic amines) is 1. The second-order valence-corrected chi connectivity index (χ2v) is 6.73. The van der Waals surface area contributed by atoms with E-state index in [9.17, 15) is 14.8 Å². The summed E-state index contributed by atoms with van der Waals surface area (Å²) in [6.07, 6.45) is 1.14. The highest BCUT2D eigenvalue weighted by Gasteiger charge is 2.27. The fraction of sp³-hybridized carbons (Fsp3) is 0.562. The number of piperidine rings is 1. The molecule has 1 amide bonds. The molecule has 2 N–H and O–H groups in total. The summed E-state index contributed by atoms with van der Waals surface area (Å²) in [6.45, 7) is 6.72. The van der Waals surface area contributed by atoms with Gasteiger partial charge in [0.15, 0.2) is 0 Å². The summed E-state index contributed by atoms with van der Waals surface area (Å²) in [4.78, 5) is 13.7. The van der Waals surface area contributed by atoms with Crippen molar-refractivity contribution < 1.29 is 24.3 Å². The lowest BCUT2D eigenvalue weighted by molar-refractivity contribution is 0.0126. The Morgan fingerprint density at radius 2 is 1.91 bits per heavy atom. The van der Waals surface area contributed by atoms with Gasteiger partial charge in [0.25, 0.3) is 0 Å². The molecule has 0 saturated carbocycles. The van der Waals surface area contributed by atoms with E-state index in [1.54, 1.807) is 29.2 Å². The van der Waals surface area contributed by atoms with Crippen molar-refractivity contribution in [3.63, 3.8) is 0 Å². The molecule has 2 rings (SSSR count). The van der Waals surface area contributed by atoms with Crippen molar-refractivity contribution in [2.75, 3.05) is 13.1 Å². The smallest absolute Gasteiger partial charge is 0.488 e. The molecule has 1 aromatic rings. The van der Waals surface area contributed by atoms with E-state index in [0.29, 0.717) is 37.1 Å². The van der Waals surface area contributed by atoms with E-state index in [1.165, 1.54) is 0 Å². The Morgan fingerprint density at radius 1 is 1.26 bits per heavy atom. The van der Waals surface area contributed by atoms with Crippen LogP contribution in [0.4, 0.5) is 4.79 Å². The minimum absolute atomic E-state index is 0.000211. The van der Waals surface area contributed by atoms with Gasteiger partial charge in [-0.15, -0.1) is 0 Å². The van der Waals surface area contributed by atoms with Crippen LogP contribution < -0.4 is 10.2 Å². The zero-order valence-corrected chi connectivity index (χ0v) is 13.9. The summed E-state index contributed by atoms with van der Waals surface area (Å²) in [6, 6.07) is 6.75. The van der Waals surface area contributed by atoms with E-state index >= 15 is 0 Å². The van der Waals surface area contributed by atoms with Crippen LogP contribution in [0.1, 0.15) is 33.6 Å². The molecular weight excluding hydrogens is 297 g/mol. The highest BCUT2D eigenvalue weighted by molar-refractivity contribution is 6.58. The monoisotopic (exact) mass is 321 g/mol. The van der Waals surface area contributed by atoms with Gasteiger partial charge in [-0.1, -0.05) is 12.1 Å². The number of hydrogen-bond donors (Lipinski definition) is 2. The van der Waals surface area contributed by atoms with Gasteiger partial charge in [-0.3, -0.25) is 0 Å². The average molecular weight is 321 g/mol. The molecule has 1 aliphatic rings. The van der Waals surface area contributed by atoms with Gasteiger partial charge < -0.3 is 24.4 Å². The first-order valence-corrected chi connectivity index (χ1v) is 7.85. The maximum absolute atomic E-state index is 12.0. The number of benzene rings is 1. The van der Waals surface area contributed by atoms with Crippen LogP contribution in [0.3, 0.4) is 0 Å². The lowest BCUT2D eigenvalue weighted by Crippen LogP contribution is -2.44. The lowest BCUT2D eigenvalue weighted by atomic mass is 9.80. The molecular formula is C16H24BNO5. The fourth-order valence-corrected chi connectivity index (χ4v) is 2.42. The largest absolute Gasteiger partial charge is 0.490 e. The summed E-state index contributed by atoms with van der Waals surface area (Å²) < 4.78 is 11.2. The number of carbonyl (C=O) groups is 1. The molecule has 1 heterocycles. The molecule has 1 aliphatic heterocycles. The van der Waals surface area contributed by atoms with Gasteiger partial charge >= 0.3 is 13.2 Å². The summed E-state index contributed by atoms with van der Waals surface area (Å²) in [5.41, 5.74) is -0.0931. The van der Waals surface area contributed by atoms with Gasteiger partial charge in [0, 0.05) is 25.9 Å². The molecule has 23 heavy (non-hydrogen) atoms. The van der Waals surface area contributed by atoms with Crippen molar-refractivity contribution >= 4 is 18.7 Å². The van der Waals surface area contributed by atoms with Gasteiger partial charge in [-0.05, 0) is 38.4 Å². The predicted molar refractivity (Wildman–Crippen MR) is 87.7 cm³/mol. The van der Waals surface area contributed by atoms with E-state index in [2.05, 4.69) is 0 Å². The Morgan fingerprint density at radius 3 is 2.48 bits per heavy atom. The van der Waals surface area contributed by atoms with Crippen LogP contribution in [0, 0.1) is 0 Å². The van der Waals surface area contributed by atoms with Gasteiger partial charge in [-0.2, -0.15) is 0 Å². The minimum Gasteiger partial charge on any atom is -0.490 e. The van der Waals surface area contributed by atoms with Crippen molar-refractivity contribution in [2.45, 2.75) is 45.3 Å². The lowest BCUT2D eigenvalue weighted by Gasteiger charge is -2.33. The highest BCUT2D eigenvalue weighted by atomic mass is 16.6. The van der Waals surface area contributed by atoms with Gasteiger partial charge in [0.05, 0.1) is 0 Å². The molecule has 1 fully saturated rings. The van der Waals surface area contributed by atoms with Gasteiger partial charge in [0.2, 0.25) is 0 Å². The number of hydrogen-bond acceptors (Lipinski definition) is 5. The van der Waals surface area contributed by atoms with E-state index < -0.39 is 12.7 Å². The van der Waals surface area contributed by atoms with Crippen molar-refractivity contribution in [3.8, 4) is 5.75 Å². The van der Waals surface area contributed by atoms with E-state index in [1.807, 2.05) is 20.8 Å². The fourth-order valence-electron chi connectivity index (χ4n) is 2.42. The topological polar surface area (TPSA) is 79.2 Å². The first-order chi connectivity index (χ1) is 10.7. The maximum atomic E-state index is 12.0. The molecule has 0 bridgehead atoms. The number of carbonyl (C=O) groups excluding carboxylic acids is 1. The molecule has 7 heteroatoms. The summed E-state index contributed by atoms with van der Waals surface area (Å²) in [5, 5.41) is 18.4. The molecule has 1 saturated heterocycles. The molecule has 0 aromatic heterocycles. The third-order valence-corrected chi connectivity index (χ3v) is 3.55. The Hall–Kier alpha value is -1.73. The molecule has 0 unspecified atom stereocenters. The molecule has 6 nitrogen and oxygen atoms in total. The summed E-state index contributed by atoms with van der Waals surface area (Å²) in [5.74, 6) is 0.603. The first-order valence-electron chi connectivity index (χ1n) is 7.85. The third kappa shape index (κ3) is 5.44. The average Bonchev–Trinajstić information content (AvgIpc) is 2.46. The Labute approximate surface area is 137 Å². The van der Waals surface area contributed by atoms with Crippen molar-refractivity contribution in [2.24, 2.45) is 0 Å². The van der Waals surface area contributed by atoms with Crippen LogP contribution in [0.2, 0.25) is 0 Å². The number of nitrogens with zero attached hydrogens (tertiary/aromatic N) is 1. The first kappa shape index (κ1) is 17.6. The molecule has 0 radical (unpaired) electrons. The number of amides is 1. The zero-order valence-electron chi connectivity index (χ0n) is 13.9. The Bertz CT molecular complexity index is 536. The molecule has 0 atom stereocenters. The number of rotatable bonds is 3. The van der Waals surface area contributed by atoms with E-state index in [-0.39, 0.29) is 12.2 Å².